The van der Waals surface area contributed by atoms with Gasteiger partial charge in [0.1, 0.15) is 5.82 Å². The van der Waals surface area contributed by atoms with E-state index >= 15 is 0 Å². The number of rotatable bonds is 4. The van der Waals surface area contributed by atoms with Crippen LogP contribution in [0.3, 0.4) is 0 Å². The molecule has 0 N–H and O–H groups in total. The molecule has 2 aliphatic carbocycles. The molecule has 0 bridgehead atoms. The van der Waals surface area contributed by atoms with Crippen LogP contribution in [-0.4, -0.2) is 56.5 Å². The smallest absolute Gasteiger partial charge is 0.376 e. The highest BCUT2D eigenvalue weighted by Crippen LogP contribution is 2.63. The molecule has 168 valence electrons. The molecule has 0 aromatic carbocycles. The van der Waals surface area contributed by atoms with Gasteiger partial charge in [-0.15, -0.1) is 0 Å². The molecular weight excluding hydrogens is 407 g/mol. The molecule has 1 saturated heterocycles. The number of morpholine rings is 1. The molecule has 0 spiro atoms. The Morgan fingerprint density at radius 1 is 1.16 bits per heavy atom. The van der Waals surface area contributed by atoms with E-state index in [1.807, 2.05) is 18.5 Å². The van der Waals surface area contributed by atoms with Gasteiger partial charge >= 0.3 is 6.18 Å². The molecule has 0 amide bonds. The highest BCUT2D eigenvalue weighted by atomic mass is 19.4. The van der Waals surface area contributed by atoms with Crippen LogP contribution < -0.4 is 0 Å². The lowest BCUT2D eigenvalue weighted by Gasteiger charge is -2.36. The van der Waals surface area contributed by atoms with Gasteiger partial charge in [0, 0.05) is 49.0 Å². The number of hydrogen-bond acceptors (Lipinski definition) is 5. The Labute approximate surface area is 179 Å². The topological polar surface area (TPSA) is 56.1 Å². The van der Waals surface area contributed by atoms with Crippen molar-refractivity contribution < 1.29 is 17.9 Å². The van der Waals surface area contributed by atoms with Gasteiger partial charge in [0.15, 0.2) is 5.82 Å². The lowest BCUT2D eigenvalue weighted by atomic mass is 10.0. The third-order valence-electron chi connectivity index (χ3n) is 6.98. The van der Waals surface area contributed by atoms with Gasteiger partial charge in [0.05, 0.1) is 18.3 Å². The second kappa shape index (κ2) is 7.55. The van der Waals surface area contributed by atoms with Crippen molar-refractivity contribution in [2.75, 3.05) is 19.7 Å². The van der Waals surface area contributed by atoms with E-state index in [-0.39, 0.29) is 12.1 Å². The van der Waals surface area contributed by atoms with Gasteiger partial charge in [0.2, 0.25) is 0 Å². The van der Waals surface area contributed by atoms with Crippen LogP contribution >= 0.6 is 0 Å². The fourth-order valence-electron chi connectivity index (χ4n) is 5.45. The maximum Gasteiger partial charge on any atom is 0.417 e. The molecule has 2 saturated carbocycles. The summed E-state index contributed by atoms with van der Waals surface area (Å²) in [5, 5.41) is 4.58. The first-order chi connectivity index (χ1) is 14.7. The number of aromatic nitrogens is 4. The molecule has 31 heavy (non-hydrogen) atoms. The summed E-state index contributed by atoms with van der Waals surface area (Å²) in [4.78, 5) is 11.1. The summed E-state index contributed by atoms with van der Waals surface area (Å²) < 4.78 is 46.9. The number of pyridine rings is 1. The minimum atomic E-state index is -4.44. The summed E-state index contributed by atoms with van der Waals surface area (Å²) in [6, 6.07) is 1.77. The number of fused-ring (bicyclic) bond motifs is 1. The fourth-order valence-corrected chi connectivity index (χ4v) is 5.45. The average molecular weight is 435 g/mol. The van der Waals surface area contributed by atoms with Gasteiger partial charge in [-0.05, 0) is 51.5 Å². The van der Waals surface area contributed by atoms with Crippen LogP contribution in [0.4, 0.5) is 13.2 Å². The summed E-state index contributed by atoms with van der Waals surface area (Å²) in [5.41, 5.74) is -0.472. The van der Waals surface area contributed by atoms with Crippen LogP contribution in [0.15, 0.2) is 18.5 Å². The largest absolute Gasteiger partial charge is 0.417 e. The highest BCUT2D eigenvalue weighted by Gasteiger charge is 2.59. The monoisotopic (exact) mass is 435 g/mol. The molecule has 5 atom stereocenters. The second-order valence-corrected chi connectivity index (χ2v) is 9.45. The zero-order valence-electron chi connectivity index (χ0n) is 18.0. The third-order valence-corrected chi connectivity index (χ3v) is 6.98. The van der Waals surface area contributed by atoms with Crippen LogP contribution in [0.1, 0.15) is 57.0 Å². The van der Waals surface area contributed by atoms with Crippen molar-refractivity contribution in [1.82, 2.24) is 24.6 Å². The van der Waals surface area contributed by atoms with E-state index in [0.29, 0.717) is 35.2 Å². The molecule has 3 fully saturated rings. The Morgan fingerprint density at radius 3 is 2.55 bits per heavy atom. The zero-order chi connectivity index (χ0) is 21.9. The van der Waals surface area contributed by atoms with E-state index in [9.17, 15) is 13.2 Å². The van der Waals surface area contributed by atoms with Crippen LogP contribution in [0, 0.1) is 11.8 Å². The number of ether oxygens (including phenoxy) is 1. The summed E-state index contributed by atoms with van der Waals surface area (Å²) >= 11 is 0. The van der Waals surface area contributed by atoms with Crippen molar-refractivity contribution in [2.24, 2.45) is 11.8 Å². The van der Waals surface area contributed by atoms with Gasteiger partial charge in [0.25, 0.3) is 0 Å². The Morgan fingerprint density at radius 2 is 1.90 bits per heavy atom. The minimum Gasteiger partial charge on any atom is -0.376 e. The molecule has 1 aliphatic heterocycles. The molecule has 6 nitrogen and oxygen atoms in total. The molecule has 3 heterocycles. The number of alkyl halides is 3. The first-order valence-corrected chi connectivity index (χ1v) is 11.1. The molecule has 2 aromatic rings. The van der Waals surface area contributed by atoms with Gasteiger partial charge in [-0.1, -0.05) is 0 Å². The molecule has 2 unspecified atom stereocenters. The summed E-state index contributed by atoms with van der Waals surface area (Å²) in [7, 11) is 0. The average Bonchev–Trinajstić information content (AvgIpc) is 3.09. The molecular formula is C22H28F3N5O. The summed E-state index contributed by atoms with van der Waals surface area (Å²) in [6.45, 7) is 8.97. The van der Waals surface area contributed by atoms with Crippen LogP contribution in [0.5, 0.6) is 0 Å². The molecule has 3 aliphatic rings. The predicted octanol–water partition coefficient (Wildman–Crippen LogP) is 4.15. The first kappa shape index (κ1) is 20.9. The fraction of sp³-hybridized carbons (Fsp3) is 0.682. The quantitative estimate of drug-likeness (QED) is 0.722. The van der Waals surface area contributed by atoms with E-state index in [1.54, 1.807) is 0 Å². The number of nitrogens with zero attached hydrogens (tertiary/aromatic N) is 5. The number of hydrogen-bond donors (Lipinski definition) is 0. The first-order valence-electron chi connectivity index (χ1n) is 11.1. The SMILES string of the molecule is CC(C)n1nc(-c2cncc(C(F)(F)F)c2)nc1C1[C@H]2CC(N3CCO[C@H](C)C3)C[C@@H]12. The van der Waals surface area contributed by atoms with Gasteiger partial charge in [-0.3, -0.25) is 9.88 Å². The summed E-state index contributed by atoms with van der Waals surface area (Å²) in [5.74, 6) is 2.74. The minimum absolute atomic E-state index is 0.0900. The van der Waals surface area contributed by atoms with E-state index in [0.717, 1.165) is 50.6 Å². The zero-order valence-corrected chi connectivity index (χ0v) is 18.0. The Bertz CT molecular complexity index is 947. The standard InChI is InChI=1S/C22H28F3N5O/c1-12(2)30-21(27-20(28-30)14-6-15(10-26-9-14)22(23,24)25)19-17-7-16(8-18(17)19)29-4-5-31-13(3)11-29/h6,9-10,12-13,16-19H,4-5,7-8,11H2,1-3H3/t13-,16?,17-,18+,19?/m1/s1. The van der Waals surface area contributed by atoms with Gasteiger partial charge in [-0.25, -0.2) is 9.67 Å². The molecule has 9 heteroatoms. The van der Waals surface area contributed by atoms with E-state index < -0.39 is 11.7 Å². The van der Waals surface area contributed by atoms with Crippen LogP contribution in [0.2, 0.25) is 0 Å². The lowest BCUT2D eigenvalue weighted by molar-refractivity contribution is -0.137. The molecule has 0 radical (unpaired) electrons. The Hall–Kier alpha value is -2.00. The lowest BCUT2D eigenvalue weighted by Crippen LogP contribution is -2.46. The predicted molar refractivity (Wildman–Crippen MR) is 108 cm³/mol. The van der Waals surface area contributed by atoms with Crippen molar-refractivity contribution in [3.05, 3.63) is 29.8 Å². The van der Waals surface area contributed by atoms with Crippen LogP contribution in [-0.2, 0) is 10.9 Å². The van der Waals surface area contributed by atoms with Crippen molar-refractivity contribution in [1.29, 1.82) is 0 Å². The molecule has 2 aromatic heterocycles. The third kappa shape index (κ3) is 3.86. The van der Waals surface area contributed by atoms with Crippen LogP contribution in [0.25, 0.3) is 11.4 Å². The second-order valence-electron chi connectivity index (χ2n) is 9.45. The van der Waals surface area contributed by atoms with Gasteiger partial charge < -0.3 is 4.74 Å². The summed E-state index contributed by atoms with van der Waals surface area (Å²) in [6.07, 6.45) is 0.381. The Balaban J connectivity index is 1.35. The van der Waals surface area contributed by atoms with E-state index in [2.05, 4.69) is 21.9 Å². The van der Waals surface area contributed by atoms with E-state index in [4.69, 9.17) is 9.72 Å². The molecule has 5 rings (SSSR count). The van der Waals surface area contributed by atoms with Crippen molar-refractivity contribution in [2.45, 2.75) is 63.9 Å². The van der Waals surface area contributed by atoms with Crippen molar-refractivity contribution >= 4 is 0 Å². The van der Waals surface area contributed by atoms with Gasteiger partial charge in [-0.2, -0.15) is 18.3 Å². The maximum atomic E-state index is 13.1. The Kier molecular flexibility index (Phi) is 5.08. The highest BCUT2D eigenvalue weighted by molar-refractivity contribution is 5.54. The van der Waals surface area contributed by atoms with Crippen molar-refractivity contribution in [3.63, 3.8) is 0 Å². The van der Waals surface area contributed by atoms with Crippen molar-refractivity contribution in [3.8, 4) is 11.4 Å². The number of halogens is 3. The maximum absolute atomic E-state index is 13.1. The van der Waals surface area contributed by atoms with E-state index in [1.165, 1.54) is 6.20 Å². The normalized spacial score (nSPS) is 31.3.